The maximum absolute atomic E-state index is 10.6. The van der Waals surface area contributed by atoms with Crippen LogP contribution in [0, 0.1) is 0 Å². The molecular weight excluding hydrogens is 209 g/mol. The van der Waals surface area contributed by atoms with Gasteiger partial charge in [-0.25, -0.2) is 4.79 Å². The summed E-state index contributed by atoms with van der Waals surface area (Å²) < 4.78 is 4.01. The summed E-state index contributed by atoms with van der Waals surface area (Å²) in [6, 6.07) is -0.972. The number of hydrogen-bond donors (Lipinski definition) is 4. The molecule has 4 N–H and O–H groups in total. The van der Waals surface area contributed by atoms with E-state index in [0.717, 1.165) is 0 Å². The van der Waals surface area contributed by atoms with Crippen molar-refractivity contribution < 1.29 is 19.1 Å². The van der Waals surface area contributed by atoms with Gasteiger partial charge in [-0.3, -0.25) is 0 Å². The predicted molar refractivity (Wildman–Crippen MR) is 46.6 cm³/mol. The molecule has 8 heteroatoms. The van der Waals surface area contributed by atoms with Gasteiger partial charge in [0.15, 0.2) is 0 Å². The number of carbonyl (C=O) groups is 1. The van der Waals surface area contributed by atoms with Gasteiger partial charge < -0.3 is 20.0 Å². The van der Waals surface area contributed by atoms with Gasteiger partial charge in [0.2, 0.25) is 0 Å². The van der Waals surface area contributed by atoms with Crippen molar-refractivity contribution in [3.8, 4) is 0 Å². The highest BCUT2D eigenvalue weighted by Gasteiger charge is 2.20. The zero-order valence-electron chi connectivity index (χ0n) is 5.38. The second-order valence-corrected chi connectivity index (χ2v) is 4.65. The van der Waals surface area contributed by atoms with E-state index in [-0.39, 0.29) is 5.75 Å². The van der Waals surface area contributed by atoms with Crippen molar-refractivity contribution in [2.45, 2.75) is 6.04 Å². The molecule has 0 radical (unpaired) electrons. The van der Waals surface area contributed by atoms with Crippen LogP contribution in [0.15, 0.2) is 0 Å². The molecule has 0 aliphatic rings. The van der Waals surface area contributed by atoms with E-state index in [1.165, 1.54) is 0 Å². The fraction of sp³-hybridized carbons (Fsp3) is 0.667. The number of thiol groups is 1. The minimum atomic E-state index is -3.92. The lowest BCUT2D eigenvalue weighted by molar-refractivity contribution is -0.135. The van der Waals surface area contributed by atoms with Gasteiger partial charge in [0.05, 0.1) is 0 Å². The number of hydrogen-bond acceptors (Lipinski definition) is 5. The first kappa shape index (κ1) is 11.4. The van der Waals surface area contributed by atoms with Gasteiger partial charge in [-0.15, -0.1) is 0 Å². The van der Waals surface area contributed by atoms with Crippen molar-refractivity contribution in [2.75, 3.05) is 5.75 Å². The Morgan fingerprint density at radius 2 is 2.27 bits per heavy atom. The van der Waals surface area contributed by atoms with Crippen molar-refractivity contribution in [1.29, 1.82) is 0 Å². The van der Waals surface area contributed by atoms with Crippen LogP contribution in [0.25, 0.3) is 0 Å². The van der Waals surface area contributed by atoms with E-state index in [2.05, 4.69) is 29.0 Å². The van der Waals surface area contributed by atoms with E-state index in [0.29, 0.717) is 0 Å². The Morgan fingerprint density at radius 3 is 2.55 bits per heavy atom. The van der Waals surface area contributed by atoms with Gasteiger partial charge in [-0.05, 0) is 0 Å². The molecule has 0 rings (SSSR count). The summed E-state index contributed by atoms with van der Waals surface area (Å²) in [6.45, 7) is -3.92. The standard InChI is InChI=1S/C3H8NO4PS2/c4-2(1-10)3(5)8-9(6,7)11/h2,10H,1,4H2,(H2,6,7,11)/t2-/m0/s1. The normalized spacial score (nSPS) is 14.2. The first-order chi connectivity index (χ1) is 4.87. The van der Waals surface area contributed by atoms with E-state index in [1.807, 2.05) is 0 Å². The van der Waals surface area contributed by atoms with Crippen LogP contribution < -0.4 is 5.73 Å². The monoisotopic (exact) mass is 217 g/mol. The van der Waals surface area contributed by atoms with Gasteiger partial charge in [0.25, 0.3) is 0 Å². The molecule has 66 valence electrons. The zero-order valence-corrected chi connectivity index (χ0v) is 7.98. The highest BCUT2D eigenvalue weighted by Crippen LogP contribution is 2.36. The molecule has 0 saturated carbocycles. The highest BCUT2D eigenvalue weighted by atomic mass is 32.5. The van der Waals surface area contributed by atoms with Crippen molar-refractivity contribution >= 4 is 37.1 Å². The van der Waals surface area contributed by atoms with Crippen molar-refractivity contribution in [2.24, 2.45) is 5.73 Å². The molecule has 0 aliphatic heterocycles. The van der Waals surface area contributed by atoms with Gasteiger partial charge in [0.1, 0.15) is 6.04 Å². The minimum absolute atomic E-state index is 0.0637. The van der Waals surface area contributed by atoms with E-state index >= 15 is 0 Å². The Bertz CT molecular complexity index is 192. The van der Waals surface area contributed by atoms with Crippen molar-refractivity contribution in [1.82, 2.24) is 0 Å². The molecule has 0 fully saturated rings. The molecule has 0 aromatic carbocycles. The smallest absolute Gasteiger partial charge is 0.377 e. The van der Waals surface area contributed by atoms with Gasteiger partial charge in [0, 0.05) is 17.6 Å². The molecule has 5 nitrogen and oxygen atoms in total. The van der Waals surface area contributed by atoms with Crippen LogP contribution in [0.1, 0.15) is 0 Å². The molecule has 0 aromatic heterocycles. The van der Waals surface area contributed by atoms with Crippen LogP contribution in [-0.2, 0) is 21.1 Å². The first-order valence-electron chi connectivity index (χ1n) is 2.52. The number of carbonyl (C=O) groups excluding carboxylic acids is 1. The van der Waals surface area contributed by atoms with Gasteiger partial charge in [-0.1, -0.05) is 0 Å². The largest absolute Gasteiger partial charge is 0.390 e. The third kappa shape index (κ3) is 5.60. The summed E-state index contributed by atoms with van der Waals surface area (Å²) >= 11 is 7.72. The molecule has 0 aliphatic carbocycles. The Labute approximate surface area is 74.2 Å². The van der Waals surface area contributed by atoms with Crippen molar-refractivity contribution in [3.05, 3.63) is 0 Å². The zero-order chi connectivity index (χ0) is 9.07. The Balaban J connectivity index is 3.99. The minimum Gasteiger partial charge on any atom is -0.390 e. The van der Waals surface area contributed by atoms with Crippen LogP contribution in [0.2, 0.25) is 0 Å². The second-order valence-electron chi connectivity index (χ2n) is 1.69. The lowest BCUT2D eigenvalue weighted by atomic mass is 10.4. The van der Waals surface area contributed by atoms with Gasteiger partial charge in [-0.2, -0.15) is 12.6 Å². The molecule has 0 unspecified atom stereocenters. The lowest BCUT2D eigenvalue weighted by Gasteiger charge is -2.11. The summed E-state index contributed by atoms with van der Waals surface area (Å²) in [5, 5.41) is 0. The fourth-order valence-electron chi connectivity index (χ4n) is 0.259. The van der Waals surface area contributed by atoms with E-state index in [1.54, 1.807) is 0 Å². The maximum Gasteiger partial charge on any atom is 0.377 e. The topological polar surface area (TPSA) is 92.8 Å². The van der Waals surface area contributed by atoms with Crippen LogP contribution in [-0.4, -0.2) is 27.6 Å². The summed E-state index contributed by atoms with van der Waals surface area (Å²) in [6.07, 6.45) is 0. The fourth-order valence-corrected chi connectivity index (χ4v) is 0.999. The Kier molecular flexibility index (Phi) is 4.53. The maximum atomic E-state index is 10.6. The van der Waals surface area contributed by atoms with Crippen molar-refractivity contribution in [3.63, 3.8) is 0 Å². The summed E-state index contributed by atoms with van der Waals surface area (Å²) in [5.74, 6) is -0.887. The molecule has 0 heterocycles. The molecule has 1 atom stereocenters. The van der Waals surface area contributed by atoms with E-state index < -0.39 is 18.7 Å². The van der Waals surface area contributed by atoms with Gasteiger partial charge >= 0.3 is 12.7 Å². The molecule has 0 amide bonds. The Morgan fingerprint density at radius 1 is 1.82 bits per heavy atom. The summed E-state index contributed by atoms with van der Waals surface area (Å²) in [4.78, 5) is 27.6. The molecule has 0 spiro atoms. The molecule has 11 heavy (non-hydrogen) atoms. The average Bonchev–Trinajstić information content (AvgIpc) is 1.82. The van der Waals surface area contributed by atoms with E-state index in [4.69, 9.17) is 15.5 Å². The third-order valence-corrected chi connectivity index (χ3v) is 1.74. The van der Waals surface area contributed by atoms with Crippen LogP contribution in [0.3, 0.4) is 0 Å². The molecule has 0 saturated heterocycles. The summed E-state index contributed by atoms with van der Waals surface area (Å²) in [7, 11) is 0. The lowest BCUT2D eigenvalue weighted by Crippen LogP contribution is -2.33. The average molecular weight is 217 g/mol. The molecule has 0 aromatic rings. The van der Waals surface area contributed by atoms with E-state index in [9.17, 15) is 4.79 Å². The second kappa shape index (κ2) is 4.39. The highest BCUT2D eigenvalue weighted by molar-refractivity contribution is 8.06. The quantitative estimate of drug-likeness (QED) is 0.358. The number of rotatable bonds is 3. The molecule has 0 bridgehead atoms. The number of nitrogens with two attached hydrogens (primary N) is 1. The first-order valence-corrected chi connectivity index (χ1v) is 5.78. The predicted octanol–water partition coefficient (Wildman–Crippen LogP) is -1.00. The van der Waals surface area contributed by atoms with Crippen LogP contribution in [0.5, 0.6) is 0 Å². The molecular formula is C3H8NO4PS2. The SMILES string of the molecule is N[C@@H](CS)C(=O)OP(O)(O)=S. The summed E-state index contributed by atoms with van der Waals surface area (Å²) in [5.41, 5.74) is 5.12. The van der Waals surface area contributed by atoms with Crippen LogP contribution >= 0.6 is 19.3 Å². The third-order valence-electron chi connectivity index (χ3n) is 0.708. The Hall–Kier alpha value is 0.350. The van der Waals surface area contributed by atoms with Crippen LogP contribution in [0.4, 0.5) is 0 Å².